The van der Waals surface area contributed by atoms with Gasteiger partial charge in [-0.3, -0.25) is 14.3 Å². The zero-order valence-electron chi connectivity index (χ0n) is 14.8. The monoisotopic (exact) mass is 441 g/mol. The first-order valence-electron chi connectivity index (χ1n) is 8.31. The van der Waals surface area contributed by atoms with Gasteiger partial charge in [-0.1, -0.05) is 0 Å². The number of carbonyl (C=O) groups is 2. The highest BCUT2D eigenvalue weighted by Gasteiger charge is 2.25. The first-order valence-corrected chi connectivity index (χ1v) is 10.3. The Bertz CT molecular complexity index is 996. The van der Waals surface area contributed by atoms with Crippen molar-refractivity contribution in [3.63, 3.8) is 0 Å². The molecule has 13 heteroatoms. The molecule has 0 saturated carbocycles. The van der Waals surface area contributed by atoms with E-state index in [4.69, 9.17) is 5.11 Å². The SMILES string of the molecule is O=C(CCC1=NCCN1)Nc1ccc(N(c2scnc2C(=O)O)S(=O)O)cc1F. The van der Waals surface area contributed by atoms with Gasteiger partial charge in [-0.25, -0.2) is 22.7 Å². The Hall–Kier alpha value is -2.90. The zero-order valence-corrected chi connectivity index (χ0v) is 16.4. The quantitative estimate of drug-likeness (QED) is 0.459. The molecule has 29 heavy (non-hydrogen) atoms. The molecule has 3 rings (SSSR count). The number of aromatic carboxylic acids is 1. The molecular formula is C16H16FN5O5S2. The van der Waals surface area contributed by atoms with Gasteiger partial charge >= 0.3 is 5.97 Å². The van der Waals surface area contributed by atoms with Crippen molar-refractivity contribution >= 4 is 56.7 Å². The molecule has 0 spiro atoms. The van der Waals surface area contributed by atoms with Crippen LogP contribution in [0, 0.1) is 5.82 Å². The number of benzene rings is 1. The Labute approximate surface area is 170 Å². The molecule has 0 bridgehead atoms. The molecule has 1 amide bonds. The van der Waals surface area contributed by atoms with Gasteiger partial charge in [0.05, 0.1) is 29.3 Å². The van der Waals surface area contributed by atoms with Crippen LogP contribution >= 0.6 is 11.3 Å². The largest absolute Gasteiger partial charge is 0.476 e. The van der Waals surface area contributed by atoms with Crippen molar-refractivity contribution in [1.82, 2.24) is 10.3 Å². The number of aromatic nitrogens is 1. The van der Waals surface area contributed by atoms with Gasteiger partial charge in [0.25, 0.3) is 11.3 Å². The highest BCUT2D eigenvalue weighted by atomic mass is 32.2. The third-order valence-corrected chi connectivity index (χ3v) is 5.52. The normalized spacial score (nSPS) is 14.1. The number of halogens is 1. The van der Waals surface area contributed by atoms with E-state index >= 15 is 0 Å². The number of amides is 1. The van der Waals surface area contributed by atoms with E-state index in [2.05, 4.69) is 20.6 Å². The number of carbonyl (C=O) groups excluding carboxylic acids is 1. The molecule has 2 aromatic rings. The van der Waals surface area contributed by atoms with E-state index in [0.717, 1.165) is 34.1 Å². The zero-order chi connectivity index (χ0) is 21.0. The molecule has 2 heterocycles. The fourth-order valence-electron chi connectivity index (χ4n) is 2.60. The summed E-state index contributed by atoms with van der Waals surface area (Å²) in [6.45, 7) is 1.40. The van der Waals surface area contributed by atoms with E-state index < -0.39 is 34.7 Å². The van der Waals surface area contributed by atoms with Crippen LogP contribution in [0.4, 0.5) is 20.8 Å². The summed E-state index contributed by atoms with van der Waals surface area (Å²) in [4.78, 5) is 31.1. The van der Waals surface area contributed by atoms with E-state index in [0.29, 0.717) is 13.0 Å². The third kappa shape index (κ3) is 4.93. The molecule has 0 aliphatic carbocycles. The topological polar surface area (TPSA) is 144 Å². The van der Waals surface area contributed by atoms with Crippen LogP contribution in [0.15, 0.2) is 28.7 Å². The van der Waals surface area contributed by atoms with Gasteiger partial charge < -0.3 is 15.7 Å². The average Bonchev–Trinajstić information content (AvgIpc) is 3.34. The molecule has 0 fully saturated rings. The fraction of sp³-hybridized carbons (Fsp3) is 0.250. The van der Waals surface area contributed by atoms with Crippen molar-refractivity contribution in [2.24, 2.45) is 4.99 Å². The lowest BCUT2D eigenvalue weighted by Gasteiger charge is -2.19. The van der Waals surface area contributed by atoms with E-state index in [1.165, 1.54) is 17.6 Å². The summed E-state index contributed by atoms with van der Waals surface area (Å²) < 4.78 is 36.6. The van der Waals surface area contributed by atoms with Crippen LogP contribution in [0.5, 0.6) is 0 Å². The second-order valence-corrected chi connectivity index (χ2v) is 7.46. The number of anilines is 3. The first-order chi connectivity index (χ1) is 13.9. The van der Waals surface area contributed by atoms with Gasteiger partial charge in [-0.2, -0.15) is 0 Å². The Morgan fingerprint density at radius 2 is 2.21 bits per heavy atom. The number of carboxylic acids is 1. The van der Waals surface area contributed by atoms with Crippen molar-refractivity contribution in [3.05, 3.63) is 35.2 Å². The van der Waals surface area contributed by atoms with Crippen LogP contribution in [0.25, 0.3) is 0 Å². The Balaban J connectivity index is 1.76. The van der Waals surface area contributed by atoms with Gasteiger partial charge in [0, 0.05) is 25.5 Å². The standard InChI is InChI=1S/C16H16FN5O5S2/c17-10-7-9(22(29(26)27)15-14(16(24)25)20-8-28-15)1-2-11(10)21-13(23)4-3-12-18-5-6-19-12/h1-2,7-8H,3-6H2,(H,18,19)(H,21,23)(H,24,25)(H,26,27). The molecule has 10 nitrogen and oxygen atoms in total. The number of carboxylic acid groups (broad SMARTS) is 1. The van der Waals surface area contributed by atoms with E-state index in [1.807, 2.05) is 0 Å². The number of amidine groups is 1. The van der Waals surface area contributed by atoms with Crippen molar-refractivity contribution in [1.29, 1.82) is 0 Å². The maximum atomic E-state index is 14.5. The van der Waals surface area contributed by atoms with Crippen molar-refractivity contribution in [3.8, 4) is 0 Å². The average molecular weight is 441 g/mol. The molecular weight excluding hydrogens is 425 g/mol. The number of thiazole rings is 1. The lowest BCUT2D eigenvalue weighted by atomic mass is 10.2. The van der Waals surface area contributed by atoms with Gasteiger partial charge in [0.1, 0.15) is 10.8 Å². The smallest absolute Gasteiger partial charge is 0.357 e. The summed E-state index contributed by atoms with van der Waals surface area (Å²) in [5.41, 5.74) is 0.593. The summed E-state index contributed by atoms with van der Waals surface area (Å²) in [6, 6.07) is 3.45. The first kappa shape index (κ1) is 20.8. The van der Waals surface area contributed by atoms with Gasteiger partial charge in [-0.05, 0) is 12.1 Å². The van der Waals surface area contributed by atoms with Crippen molar-refractivity contribution in [2.75, 3.05) is 22.7 Å². The van der Waals surface area contributed by atoms with Crippen LogP contribution in [0.1, 0.15) is 23.3 Å². The van der Waals surface area contributed by atoms with Gasteiger partial charge in [0.2, 0.25) is 5.91 Å². The van der Waals surface area contributed by atoms with E-state index in [9.17, 15) is 22.7 Å². The maximum absolute atomic E-state index is 14.5. The predicted octanol–water partition coefficient (Wildman–Crippen LogP) is 1.98. The molecule has 1 atom stereocenters. The van der Waals surface area contributed by atoms with E-state index in [1.54, 1.807) is 0 Å². The summed E-state index contributed by atoms with van der Waals surface area (Å²) in [6.07, 6.45) is 0.523. The van der Waals surface area contributed by atoms with Gasteiger partial charge in [0.15, 0.2) is 5.69 Å². The summed E-state index contributed by atoms with van der Waals surface area (Å²) >= 11 is -1.85. The number of rotatable bonds is 8. The molecule has 1 aliphatic rings. The molecule has 0 radical (unpaired) electrons. The lowest BCUT2D eigenvalue weighted by molar-refractivity contribution is -0.116. The van der Waals surface area contributed by atoms with Crippen molar-refractivity contribution < 1.29 is 27.8 Å². The molecule has 1 aromatic heterocycles. The van der Waals surface area contributed by atoms with Gasteiger partial charge in [-0.15, -0.1) is 11.3 Å². The summed E-state index contributed by atoms with van der Waals surface area (Å²) in [7, 11) is 0. The minimum atomic E-state index is -2.67. The maximum Gasteiger partial charge on any atom is 0.357 e. The Kier molecular flexibility index (Phi) is 6.51. The number of hydrogen-bond donors (Lipinski definition) is 4. The molecule has 1 aliphatic heterocycles. The molecule has 1 unspecified atom stereocenters. The number of nitrogens with one attached hydrogen (secondary N) is 2. The second-order valence-electron chi connectivity index (χ2n) is 5.80. The minimum absolute atomic E-state index is 0.0717. The van der Waals surface area contributed by atoms with Crippen molar-refractivity contribution in [2.45, 2.75) is 12.8 Å². The highest BCUT2D eigenvalue weighted by molar-refractivity contribution is 7.81. The van der Waals surface area contributed by atoms with Crippen LogP contribution in [-0.4, -0.2) is 49.7 Å². The fourth-order valence-corrected chi connectivity index (χ4v) is 4.15. The second kappa shape index (κ2) is 9.07. The lowest BCUT2D eigenvalue weighted by Crippen LogP contribution is -2.22. The minimum Gasteiger partial charge on any atom is -0.476 e. The van der Waals surface area contributed by atoms with E-state index in [-0.39, 0.29) is 22.8 Å². The molecule has 1 aromatic carbocycles. The van der Waals surface area contributed by atoms with Crippen LogP contribution in [-0.2, 0) is 16.1 Å². The Morgan fingerprint density at radius 1 is 1.41 bits per heavy atom. The predicted molar refractivity (Wildman–Crippen MR) is 107 cm³/mol. The van der Waals surface area contributed by atoms with Crippen LogP contribution in [0.2, 0.25) is 0 Å². The highest BCUT2D eigenvalue weighted by Crippen LogP contribution is 2.34. The third-order valence-electron chi connectivity index (χ3n) is 3.89. The molecule has 4 N–H and O–H groups in total. The Morgan fingerprint density at radius 3 is 2.83 bits per heavy atom. The number of aliphatic imine (C=N–C) groups is 1. The summed E-state index contributed by atoms with van der Waals surface area (Å²) in [5, 5.41) is 14.5. The van der Waals surface area contributed by atoms with Crippen LogP contribution < -0.4 is 14.9 Å². The number of hydrogen-bond acceptors (Lipinski definition) is 7. The number of nitrogens with zero attached hydrogens (tertiary/aromatic N) is 3. The summed E-state index contributed by atoms with van der Waals surface area (Å²) in [5.74, 6) is -1.91. The van der Waals surface area contributed by atoms with Crippen LogP contribution in [0.3, 0.4) is 0 Å². The molecule has 154 valence electrons. The molecule has 0 saturated heterocycles.